The van der Waals surface area contributed by atoms with Gasteiger partial charge in [-0.15, -0.1) is 0 Å². The summed E-state index contributed by atoms with van der Waals surface area (Å²) in [6.07, 6.45) is 1.65. The number of hydrogen-bond acceptors (Lipinski definition) is 6. The molecule has 0 unspecified atom stereocenters. The molecular formula is C30H35Cl2N3O6S. The van der Waals surface area contributed by atoms with Crippen LogP contribution in [0.3, 0.4) is 0 Å². The molecule has 2 amide bonds. The summed E-state index contributed by atoms with van der Waals surface area (Å²) in [5.74, 6) is -0.318. The Morgan fingerprint density at radius 3 is 2.17 bits per heavy atom. The van der Waals surface area contributed by atoms with Crippen LogP contribution in [0.4, 0.5) is 5.69 Å². The Balaban J connectivity index is 2.08. The van der Waals surface area contributed by atoms with Gasteiger partial charge in [0.1, 0.15) is 24.1 Å². The third-order valence-corrected chi connectivity index (χ3v) is 9.15. The van der Waals surface area contributed by atoms with E-state index < -0.39 is 28.5 Å². The molecule has 42 heavy (non-hydrogen) atoms. The van der Waals surface area contributed by atoms with Crippen molar-refractivity contribution in [2.75, 3.05) is 31.6 Å². The van der Waals surface area contributed by atoms with E-state index in [9.17, 15) is 18.0 Å². The van der Waals surface area contributed by atoms with Crippen molar-refractivity contribution < 1.29 is 27.5 Å². The average Bonchev–Trinajstić information content (AvgIpc) is 2.99. The van der Waals surface area contributed by atoms with Crippen molar-refractivity contribution in [1.82, 2.24) is 10.2 Å². The lowest BCUT2D eigenvalue weighted by Gasteiger charge is -2.32. The highest BCUT2D eigenvalue weighted by atomic mass is 35.5. The minimum absolute atomic E-state index is 0.0620. The first-order valence-corrected chi connectivity index (χ1v) is 15.5. The summed E-state index contributed by atoms with van der Waals surface area (Å²) >= 11 is 12.9. The standard InChI is InChI=1S/C30H35Cl2N3O6S/c1-5-6-18-33-30(37)21(2)34(19-24-25(31)10-9-11-26(24)32)29(36)20-35(27-12-7-8-13-28(27)41-4)42(38,39)23-16-14-22(40-3)15-17-23/h7-17,21H,5-6,18-20H2,1-4H3,(H,33,37)/t21-/m0/s1. The number of nitrogens with zero attached hydrogens (tertiary/aromatic N) is 2. The van der Waals surface area contributed by atoms with E-state index in [4.69, 9.17) is 32.7 Å². The van der Waals surface area contributed by atoms with Gasteiger partial charge < -0.3 is 19.7 Å². The number of benzene rings is 3. The topological polar surface area (TPSA) is 105 Å². The van der Waals surface area contributed by atoms with Crippen LogP contribution in [0, 0.1) is 0 Å². The molecule has 226 valence electrons. The minimum atomic E-state index is -4.30. The van der Waals surface area contributed by atoms with E-state index in [-0.39, 0.29) is 28.8 Å². The second-order valence-corrected chi connectivity index (χ2v) is 12.1. The largest absolute Gasteiger partial charge is 0.497 e. The van der Waals surface area contributed by atoms with Crippen molar-refractivity contribution in [3.63, 3.8) is 0 Å². The van der Waals surface area contributed by atoms with Crippen molar-refractivity contribution in [2.24, 2.45) is 0 Å². The number of para-hydroxylation sites is 2. The Morgan fingerprint density at radius 1 is 0.929 bits per heavy atom. The molecular weight excluding hydrogens is 601 g/mol. The van der Waals surface area contributed by atoms with Crippen LogP contribution < -0.4 is 19.1 Å². The van der Waals surface area contributed by atoms with E-state index in [2.05, 4.69) is 5.32 Å². The van der Waals surface area contributed by atoms with Gasteiger partial charge in [-0.3, -0.25) is 13.9 Å². The molecule has 0 saturated heterocycles. The molecule has 0 heterocycles. The fraction of sp³-hybridized carbons (Fsp3) is 0.333. The van der Waals surface area contributed by atoms with Crippen LogP contribution in [0.5, 0.6) is 11.5 Å². The van der Waals surface area contributed by atoms with E-state index in [1.807, 2.05) is 6.92 Å². The van der Waals surface area contributed by atoms with Crippen molar-refractivity contribution in [2.45, 2.75) is 44.2 Å². The minimum Gasteiger partial charge on any atom is -0.497 e. The van der Waals surface area contributed by atoms with Gasteiger partial charge in [0, 0.05) is 28.7 Å². The van der Waals surface area contributed by atoms with E-state index in [1.165, 1.54) is 43.4 Å². The molecule has 0 aromatic heterocycles. The molecule has 9 nitrogen and oxygen atoms in total. The monoisotopic (exact) mass is 635 g/mol. The summed E-state index contributed by atoms with van der Waals surface area (Å²) in [4.78, 5) is 28.4. The first kappa shape index (κ1) is 33.0. The first-order valence-electron chi connectivity index (χ1n) is 13.3. The summed E-state index contributed by atoms with van der Waals surface area (Å²) in [5, 5.41) is 3.46. The lowest BCUT2D eigenvalue weighted by atomic mass is 10.1. The third-order valence-electron chi connectivity index (χ3n) is 6.67. The Labute approximate surface area is 257 Å². The second-order valence-electron chi connectivity index (χ2n) is 9.40. The van der Waals surface area contributed by atoms with Gasteiger partial charge in [0.25, 0.3) is 10.0 Å². The number of ether oxygens (including phenoxy) is 2. The zero-order chi connectivity index (χ0) is 30.9. The smallest absolute Gasteiger partial charge is 0.264 e. The van der Waals surface area contributed by atoms with Gasteiger partial charge >= 0.3 is 0 Å². The molecule has 3 rings (SSSR count). The molecule has 0 aliphatic heterocycles. The number of halogens is 2. The number of carbonyl (C=O) groups is 2. The highest BCUT2D eigenvalue weighted by Gasteiger charge is 2.34. The Morgan fingerprint density at radius 2 is 1.57 bits per heavy atom. The maximum Gasteiger partial charge on any atom is 0.264 e. The van der Waals surface area contributed by atoms with Crippen LogP contribution in [-0.4, -0.2) is 58.5 Å². The quantitative estimate of drug-likeness (QED) is 0.233. The summed E-state index contributed by atoms with van der Waals surface area (Å²) in [6.45, 7) is 3.26. The van der Waals surface area contributed by atoms with Crippen LogP contribution in [0.2, 0.25) is 10.0 Å². The van der Waals surface area contributed by atoms with Gasteiger partial charge in [-0.25, -0.2) is 8.42 Å². The SMILES string of the molecule is CCCCNC(=O)[C@H](C)N(Cc1c(Cl)cccc1Cl)C(=O)CN(c1ccccc1OC)S(=O)(=O)c1ccc(OC)cc1. The predicted octanol–water partition coefficient (Wildman–Crippen LogP) is 5.54. The molecule has 0 aliphatic carbocycles. The number of anilines is 1. The molecule has 0 aliphatic rings. The lowest BCUT2D eigenvalue weighted by Crippen LogP contribution is -2.51. The fourth-order valence-corrected chi connectivity index (χ4v) is 6.14. The second kappa shape index (κ2) is 15.1. The van der Waals surface area contributed by atoms with Crippen LogP contribution in [0.1, 0.15) is 32.3 Å². The van der Waals surface area contributed by atoms with E-state index >= 15 is 0 Å². The number of hydrogen-bond donors (Lipinski definition) is 1. The summed E-state index contributed by atoms with van der Waals surface area (Å²) in [7, 11) is -1.41. The van der Waals surface area contributed by atoms with Gasteiger partial charge in [-0.1, -0.05) is 54.7 Å². The summed E-state index contributed by atoms with van der Waals surface area (Å²) in [5.41, 5.74) is 0.587. The highest BCUT2D eigenvalue weighted by molar-refractivity contribution is 7.92. The zero-order valence-corrected chi connectivity index (χ0v) is 26.3. The molecule has 3 aromatic rings. The zero-order valence-electron chi connectivity index (χ0n) is 24.0. The van der Waals surface area contributed by atoms with Crippen molar-refractivity contribution in [3.05, 3.63) is 82.3 Å². The van der Waals surface area contributed by atoms with Gasteiger partial charge in [-0.05, 0) is 61.9 Å². The number of carbonyl (C=O) groups excluding carboxylic acids is 2. The van der Waals surface area contributed by atoms with Crippen LogP contribution in [0.25, 0.3) is 0 Å². The van der Waals surface area contributed by atoms with Gasteiger partial charge in [-0.2, -0.15) is 0 Å². The van der Waals surface area contributed by atoms with E-state index in [1.54, 1.807) is 49.4 Å². The molecule has 0 fully saturated rings. The Hall–Kier alpha value is -3.47. The molecule has 0 radical (unpaired) electrons. The number of unbranched alkanes of at least 4 members (excludes halogenated alkanes) is 1. The third kappa shape index (κ3) is 7.87. The molecule has 0 bridgehead atoms. The maximum atomic E-state index is 14.1. The number of amides is 2. The van der Waals surface area contributed by atoms with Crippen molar-refractivity contribution >= 4 is 50.7 Å². The van der Waals surface area contributed by atoms with Crippen LogP contribution in [-0.2, 0) is 26.2 Å². The Kier molecular flexibility index (Phi) is 11.9. The molecule has 1 N–H and O–H groups in total. The Bertz CT molecular complexity index is 1460. The molecule has 0 saturated carbocycles. The van der Waals surface area contributed by atoms with Crippen LogP contribution >= 0.6 is 23.2 Å². The molecule has 3 aromatic carbocycles. The van der Waals surface area contributed by atoms with Gasteiger partial charge in [0.15, 0.2) is 0 Å². The number of rotatable bonds is 14. The van der Waals surface area contributed by atoms with Crippen LogP contribution in [0.15, 0.2) is 71.6 Å². The number of methoxy groups -OCH3 is 2. The fourth-order valence-electron chi connectivity index (χ4n) is 4.20. The molecule has 12 heteroatoms. The van der Waals surface area contributed by atoms with Crippen molar-refractivity contribution in [3.8, 4) is 11.5 Å². The lowest BCUT2D eigenvalue weighted by molar-refractivity contribution is -0.139. The van der Waals surface area contributed by atoms with Gasteiger partial charge in [0.2, 0.25) is 11.8 Å². The van der Waals surface area contributed by atoms with E-state index in [0.717, 1.165) is 17.1 Å². The maximum absolute atomic E-state index is 14.1. The van der Waals surface area contributed by atoms with Crippen molar-refractivity contribution in [1.29, 1.82) is 0 Å². The average molecular weight is 637 g/mol. The number of sulfonamides is 1. The molecule has 0 spiro atoms. The normalized spacial score (nSPS) is 11.9. The highest BCUT2D eigenvalue weighted by Crippen LogP contribution is 2.33. The summed E-state index contributed by atoms with van der Waals surface area (Å²) in [6, 6.07) is 16.3. The number of nitrogens with one attached hydrogen (secondary N) is 1. The predicted molar refractivity (Wildman–Crippen MR) is 165 cm³/mol. The molecule has 1 atom stereocenters. The first-order chi connectivity index (χ1) is 20.0. The van der Waals surface area contributed by atoms with Gasteiger partial charge in [0.05, 0.1) is 24.8 Å². The summed E-state index contributed by atoms with van der Waals surface area (Å²) < 4.78 is 39.7. The van der Waals surface area contributed by atoms with E-state index in [0.29, 0.717) is 27.9 Å².